The minimum atomic E-state index is 1.09. The zero-order valence-electron chi connectivity index (χ0n) is 6.92. The zero-order chi connectivity index (χ0) is 8.10. The minimum absolute atomic E-state index is 1.09. The summed E-state index contributed by atoms with van der Waals surface area (Å²) in [4.78, 5) is 0. The second-order valence-corrected chi connectivity index (χ2v) is 2.93. The van der Waals surface area contributed by atoms with Crippen LogP contribution < -0.4 is 4.72 Å². The van der Waals surface area contributed by atoms with E-state index >= 15 is 0 Å². The van der Waals surface area contributed by atoms with Gasteiger partial charge < -0.3 is 4.72 Å². The highest BCUT2D eigenvalue weighted by Crippen LogP contribution is 2.17. The number of hydrogen-bond acceptors (Lipinski definition) is 2. The molecule has 1 nitrogen and oxygen atoms in total. The molecule has 0 saturated carbocycles. The first-order chi connectivity index (χ1) is 5.38. The van der Waals surface area contributed by atoms with Crippen LogP contribution >= 0.6 is 11.9 Å². The SMILES string of the molecule is CCc1ccccc1NSC. The highest BCUT2D eigenvalue weighted by Gasteiger charge is 1.95. The van der Waals surface area contributed by atoms with Crippen molar-refractivity contribution in [1.29, 1.82) is 0 Å². The summed E-state index contributed by atoms with van der Waals surface area (Å²) in [6.45, 7) is 2.17. The van der Waals surface area contributed by atoms with Gasteiger partial charge >= 0.3 is 0 Å². The standard InChI is InChI=1S/C9H13NS/c1-3-8-6-4-5-7-9(8)10-11-2/h4-7,10H,3H2,1-2H3. The monoisotopic (exact) mass is 167 g/mol. The third-order valence-corrected chi connectivity index (χ3v) is 2.03. The van der Waals surface area contributed by atoms with Gasteiger partial charge in [0.1, 0.15) is 0 Å². The lowest BCUT2D eigenvalue weighted by Crippen LogP contribution is -1.90. The van der Waals surface area contributed by atoms with E-state index in [2.05, 4.69) is 35.9 Å². The second kappa shape index (κ2) is 4.29. The zero-order valence-corrected chi connectivity index (χ0v) is 7.74. The Kier molecular flexibility index (Phi) is 3.30. The Balaban J connectivity index is 2.83. The summed E-state index contributed by atoms with van der Waals surface area (Å²) in [7, 11) is 0. The summed E-state index contributed by atoms with van der Waals surface area (Å²) < 4.78 is 3.24. The van der Waals surface area contributed by atoms with Crippen LogP contribution in [0, 0.1) is 0 Å². The van der Waals surface area contributed by atoms with E-state index in [1.807, 2.05) is 6.26 Å². The molecular formula is C9H13NS. The number of nitrogens with one attached hydrogen (secondary N) is 1. The Morgan fingerprint density at radius 1 is 1.36 bits per heavy atom. The van der Waals surface area contributed by atoms with Gasteiger partial charge in [-0.2, -0.15) is 0 Å². The van der Waals surface area contributed by atoms with Crippen LogP contribution in [0.1, 0.15) is 12.5 Å². The van der Waals surface area contributed by atoms with Crippen LogP contribution in [0.15, 0.2) is 24.3 Å². The molecule has 1 N–H and O–H groups in total. The van der Waals surface area contributed by atoms with Gasteiger partial charge in [0.2, 0.25) is 0 Å². The molecule has 1 rings (SSSR count). The molecule has 0 unspecified atom stereocenters. The molecule has 0 atom stereocenters. The largest absolute Gasteiger partial charge is 0.330 e. The van der Waals surface area contributed by atoms with Crippen molar-refractivity contribution in [3.63, 3.8) is 0 Å². The average molecular weight is 167 g/mol. The molecule has 0 amide bonds. The summed E-state index contributed by atoms with van der Waals surface area (Å²) in [6.07, 6.45) is 3.12. The van der Waals surface area contributed by atoms with Gasteiger partial charge in [0.05, 0.1) is 0 Å². The van der Waals surface area contributed by atoms with Crippen molar-refractivity contribution >= 4 is 17.6 Å². The second-order valence-electron chi connectivity index (χ2n) is 2.32. The quantitative estimate of drug-likeness (QED) is 0.695. The normalized spacial score (nSPS) is 9.64. The van der Waals surface area contributed by atoms with Gasteiger partial charge in [0.25, 0.3) is 0 Å². The van der Waals surface area contributed by atoms with Crippen molar-refractivity contribution in [3.05, 3.63) is 29.8 Å². The molecular weight excluding hydrogens is 154 g/mol. The molecule has 11 heavy (non-hydrogen) atoms. The lowest BCUT2D eigenvalue weighted by atomic mass is 10.1. The topological polar surface area (TPSA) is 12.0 Å². The lowest BCUT2D eigenvalue weighted by molar-refractivity contribution is 1.14. The molecule has 2 heteroatoms. The third kappa shape index (κ3) is 2.15. The molecule has 60 valence electrons. The molecule has 0 aliphatic heterocycles. The van der Waals surface area contributed by atoms with E-state index in [4.69, 9.17) is 0 Å². The first-order valence-electron chi connectivity index (χ1n) is 3.75. The van der Waals surface area contributed by atoms with Crippen molar-refractivity contribution < 1.29 is 0 Å². The van der Waals surface area contributed by atoms with Crippen LogP contribution in [0.3, 0.4) is 0 Å². The van der Waals surface area contributed by atoms with Gasteiger partial charge in [-0.05, 0) is 18.1 Å². The number of rotatable bonds is 3. The van der Waals surface area contributed by atoms with E-state index in [1.54, 1.807) is 11.9 Å². The van der Waals surface area contributed by atoms with E-state index in [-0.39, 0.29) is 0 Å². The van der Waals surface area contributed by atoms with Crippen molar-refractivity contribution in [2.24, 2.45) is 0 Å². The Labute approximate surface area is 72.3 Å². The summed E-state index contributed by atoms with van der Waals surface area (Å²) in [5.41, 5.74) is 2.62. The number of para-hydroxylation sites is 1. The van der Waals surface area contributed by atoms with Crippen molar-refractivity contribution in [1.82, 2.24) is 0 Å². The van der Waals surface area contributed by atoms with Crippen LogP contribution in [-0.2, 0) is 6.42 Å². The maximum atomic E-state index is 3.24. The van der Waals surface area contributed by atoms with Crippen LogP contribution in [0.4, 0.5) is 5.69 Å². The Bertz CT molecular complexity index is 223. The lowest BCUT2D eigenvalue weighted by Gasteiger charge is -2.06. The molecule has 0 aromatic heterocycles. The van der Waals surface area contributed by atoms with E-state index in [0.717, 1.165) is 6.42 Å². The predicted octanol–water partition coefficient (Wildman–Crippen LogP) is 2.94. The molecule has 0 aliphatic carbocycles. The van der Waals surface area contributed by atoms with Gasteiger partial charge in [0.15, 0.2) is 0 Å². The Morgan fingerprint density at radius 2 is 2.09 bits per heavy atom. The Morgan fingerprint density at radius 3 is 2.73 bits per heavy atom. The van der Waals surface area contributed by atoms with E-state index in [1.165, 1.54) is 11.3 Å². The molecule has 0 spiro atoms. The van der Waals surface area contributed by atoms with E-state index in [9.17, 15) is 0 Å². The highest BCUT2D eigenvalue weighted by molar-refractivity contribution is 7.99. The summed E-state index contributed by atoms with van der Waals surface area (Å²) in [6, 6.07) is 8.38. The molecule has 0 aliphatic rings. The molecule has 0 saturated heterocycles. The van der Waals surface area contributed by atoms with Crippen LogP contribution in [0.2, 0.25) is 0 Å². The van der Waals surface area contributed by atoms with Gasteiger partial charge in [0, 0.05) is 11.9 Å². The van der Waals surface area contributed by atoms with Crippen molar-refractivity contribution in [3.8, 4) is 0 Å². The smallest absolute Gasteiger partial charge is 0.0472 e. The van der Waals surface area contributed by atoms with E-state index in [0.29, 0.717) is 0 Å². The van der Waals surface area contributed by atoms with Gasteiger partial charge in [-0.25, -0.2) is 0 Å². The number of anilines is 1. The fourth-order valence-corrected chi connectivity index (χ4v) is 1.46. The van der Waals surface area contributed by atoms with Crippen LogP contribution in [0.5, 0.6) is 0 Å². The fourth-order valence-electron chi connectivity index (χ4n) is 1.04. The summed E-state index contributed by atoms with van der Waals surface area (Å²) >= 11 is 1.63. The van der Waals surface area contributed by atoms with Crippen LogP contribution in [-0.4, -0.2) is 6.26 Å². The number of hydrogen-bond donors (Lipinski definition) is 1. The summed E-state index contributed by atoms with van der Waals surface area (Å²) in [5.74, 6) is 0. The van der Waals surface area contributed by atoms with Crippen LogP contribution in [0.25, 0.3) is 0 Å². The number of aryl methyl sites for hydroxylation is 1. The van der Waals surface area contributed by atoms with E-state index < -0.39 is 0 Å². The Hall–Kier alpha value is -0.630. The minimum Gasteiger partial charge on any atom is -0.330 e. The van der Waals surface area contributed by atoms with Crippen molar-refractivity contribution in [2.45, 2.75) is 13.3 Å². The molecule has 0 fully saturated rings. The molecule has 0 radical (unpaired) electrons. The van der Waals surface area contributed by atoms with Gasteiger partial charge in [-0.3, -0.25) is 0 Å². The van der Waals surface area contributed by atoms with Gasteiger partial charge in [-0.15, -0.1) is 0 Å². The maximum Gasteiger partial charge on any atom is 0.0472 e. The fraction of sp³-hybridized carbons (Fsp3) is 0.333. The molecule has 0 heterocycles. The first-order valence-corrected chi connectivity index (χ1v) is 4.98. The molecule has 1 aromatic rings. The maximum absolute atomic E-state index is 3.24. The third-order valence-electron chi connectivity index (χ3n) is 1.61. The predicted molar refractivity (Wildman–Crippen MR) is 53.0 cm³/mol. The molecule has 1 aromatic carbocycles. The summed E-state index contributed by atoms with van der Waals surface area (Å²) in [5, 5.41) is 0. The number of benzene rings is 1. The van der Waals surface area contributed by atoms with Crippen molar-refractivity contribution in [2.75, 3.05) is 11.0 Å². The first kappa shape index (κ1) is 8.47. The van der Waals surface area contributed by atoms with Gasteiger partial charge in [-0.1, -0.05) is 37.1 Å². The molecule has 0 bridgehead atoms. The highest BCUT2D eigenvalue weighted by atomic mass is 32.2. The average Bonchev–Trinajstić information content (AvgIpc) is 2.06.